The average Bonchev–Trinajstić information content (AvgIpc) is 3.30. The molecule has 7 atom stereocenters. The minimum absolute atomic E-state index is 0.160. The molecule has 0 fully saturated rings. The summed E-state index contributed by atoms with van der Waals surface area (Å²) in [7, 11) is 1.20. The van der Waals surface area contributed by atoms with E-state index in [4.69, 9.17) is 50.6 Å². The van der Waals surface area contributed by atoms with Gasteiger partial charge in [0, 0.05) is 19.6 Å². The molecule has 0 aliphatic rings. The van der Waals surface area contributed by atoms with Crippen LogP contribution in [0.15, 0.2) is 0 Å². The number of esters is 1. The predicted molar refractivity (Wildman–Crippen MR) is 257 cm³/mol. The summed E-state index contributed by atoms with van der Waals surface area (Å²) in [4.78, 5) is 90.8. The molecule has 22 heteroatoms. The summed E-state index contributed by atoms with van der Waals surface area (Å²) >= 11 is 0. The monoisotopic (exact) mass is 943 g/mol. The maximum atomic E-state index is 13.7. The molecule has 0 rings (SSSR count). The highest BCUT2D eigenvalue weighted by Gasteiger charge is 2.29. The molecular weight excluding hydrogens is 853 g/mol. The third-order valence-corrected chi connectivity index (χ3v) is 11.2. The molecule has 0 bridgehead atoms. The number of nitrogens with one attached hydrogen (secondary N) is 6. The number of amides is 6. The van der Waals surface area contributed by atoms with Crippen LogP contribution in [0.5, 0.6) is 0 Å². The number of hydrogen-bond acceptors (Lipinski definition) is 16. The fourth-order valence-corrected chi connectivity index (χ4v) is 6.93. The highest BCUT2D eigenvalue weighted by molar-refractivity contribution is 5.92. The van der Waals surface area contributed by atoms with Crippen LogP contribution in [0.3, 0.4) is 0 Å². The SMILES string of the molecule is COC(=O)C(CCCCNC(=O)C(CCCCNC(=O)C(N)CCCCN)NC(=O)C(N)CCCCN)NC(=O)C(CCCCNC(=O)C(N)CCCCN)NC(=O)C(N)CCCCCN. The van der Waals surface area contributed by atoms with E-state index < -0.39 is 71.9 Å². The molecule has 7 unspecified atom stereocenters. The molecular formula is C44H90N14O8. The zero-order valence-electron chi connectivity index (χ0n) is 39.9. The van der Waals surface area contributed by atoms with Crippen molar-refractivity contribution in [3.05, 3.63) is 0 Å². The highest BCUT2D eigenvalue weighted by Crippen LogP contribution is 2.10. The van der Waals surface area contributed by atoms with E-state index in [9.17, 15) is 33.6 Å². The largest absolute Gasteiger partial charge is 0.467 e. The van der Waals surface area contributed by atoms with Crippen molar-refractivity contribution >= 4 is 41.4 Å². The lowest BCUT2D eigenvalue weighted by Gasteiger charge is -2.24. The van der Waals surface area contributed by atoms with Crippen molar-refractivity contribution in [3.8, 4) is 0 Å². The predicted octanol–water partition coefficient (Wildman–Crippen LogP) is -2.31. The third kappa shape index (κ3) is 30.3. The molecule has 0 aromatic carbocycles. The molecule has 22 nitrogen and oxygen atoms in total. The fourth-order valence-electron chi connectivity index (χ4n) is 6.93. The Balaban J connectivity index is 5.51. The summed E-state index contributed by atoms with van der Waals surface area (Å²) in [5.41, 5.74) is 46.4. The van der Waals surface area contributed by atoms with E-state index in [-0.39, 0.29) is 37.6 Å². The molecule has 0 aliphatic carbocycles. The van der Waals surface area contributed by atoms with Crippen LogP contribution in [0.1, 0.15) is 141 Å². The molecule has 6 amide bonds. The Kier molecular flexibility index (Phi) is 37.6. The molecule has 0 aromatic heterocycles. The summed E-state index contributed by atoms with van der Waals surface area (Å²) in [5.74, 6) is -3.19. The number of nitrogens with two attached hydrogens (primary N) is 8. The lowest BCUT2D eigenvalue weighted by atomic mass is 10.0. The Hall–Kier alpha value is -4.03. The smallest absolute Gasteiger partial charge is 0.328 e. The van der Waals surface area contributed by atoms with Crippen molar-refractivity contribution in [1.29, 1.82) is 0 Å². The van der Waals surface area contributed by atoms with Crippen LogP contribution in [0.4, 0.5) is 0 Å². The molecule has 0 radical (unpaired) electrons. The summed E-state index contributed by atoms with van der Waals surface area (Å²) < 4.78 is 4.99. The lowest BCUT2D eigenvalue weighted by Crippen LogP contribution is -2.54. The van der Waals surface area contributed by atoms with Gasteiger partial charge in [0.15, 0.2) is 0 Å². The Bertz CT molecular complexity index is 1370. The van der Waals surface area contributed by atoms with Crippen LogP contribution in [0.25, 0.3) is 0 Å². The van der Waals surface area contributed by atoms with Gasteiger partial charge in [0.25, 0.3) is 0 Å². The van der Waals surface area contributed by atoms with Crippen molar-refractivity contribution in [2.75, 3.05) is 52.9 Å². The van der Waals surface area contributed by atoms with Crippen molar-refractivity contribution in [2.24, 2.45) is 45.9 Å². The minimum atomic E-state index is -1.06. The first-order valence-corrected chi connectivity index (χ1v) is 24.3. The Morgan fingerprint density at radius 3 is 1.02 bits per heavy atom. The van der Waals surface area contributed by atoms with Gasteiger partial charge in [-0.05, 0) is 135 Å². The molecule has 66 heavy (non-hydrogen) atoms. The van der Waals surface area contributed by atoms with E-state index in [1.165, 1.54) is 7.11 Å². The van der Waals surface area contributed by atoms with Gasteiger partial charge in [0.05, 0.1) is 31.3 Å². The van der Waals surface area contributed by atoms with Gasteiger partial charge in [-0.3, -0.25) is 28.8 Å². The number of ether oxygens (including phenoxy) is 1. The van der Waals surface area contributed by atoms with Crippen LogP contribution in [-0.4, -0.2) is 137 Å². The topological polar surface area (TPSA) is 409 Å². The first-order chi connectivity index (χ1) is 31.7. The fraction of sp³-hybridized carbons (Fsp3) is 0.841. The maximum absolute atomic E-state index is 13.7. The quantitative estimate of drug-likeness (QED) is 0.0226. The van der Waals surface area contributed by atoms with E-state index in [2.05, 4.69) is 31.9 Å². The Morgan fingerprint density at radius 2 is 0.636 bits per heavy atom. The number of carbonyl (C=O) groups excluding carboxylic acids is 7. The van der Waals surface area contributed by atoms with Crippen molar-refractivity contribution < 1.29 is 38.3 Å². The van der Waals surface area contributed by atoms with Gasteiger partial charge in [0.1, 0.15) is 18.1 Å². The van der Waals surface area contributed by atoms with E-state index in [1.54, 1.807) is 0 Å². The van der Waals surface area contributed by atoms with E-state index in [0.717, 1.165) is 38.5 Å². The number of unbranched alkanes of at least 4 members (excludes halogenated alkanes) is 8. The molecule has 0 aromatic rings. The first kappa shape index (κ1) is 62.0. The second kappa shape index (κ2) is 40.1. The van der Waals surface area contributed by atoms with Crippen molar-refractivity contribution in [3.63, 3.8) is 0 Å². The summed E-state index contributed by atoms with van der Waals surface area (Å²) in [5, 5.41) is 16.7. The molecule has 0 saturated heterocycles. The van der Waals surface area contributed by atoms with Gasteiger partial charge in [-0.15, -0.1) is 0 Å². The van der Waals surface area contributed by atoms with E-state index in [0.29, 0.717) is 123 Å². The second-order valence-electron chi connectivity index (χ2n) is 17.0. The molecule has 384 valence electrons. The Labute approximate surface area is 393 Å². The zero-order chi connectivity index (χ0) is 49.5. The van der Waals surface area contributed by atoms with E-state index in [1.807, 2.05) is 0 Å². The van der Waals surface area contributed by atoms with Crippen LogP contribution in [-0.2, 0) is 38.3 Å². The van der Waals surface area contributed by atoms with Crippen LogP contribution in [0, 0.1) is 0 Å². The maximum Gasteiger partial charge on any atom is 0.328 e. The number of hydrogen-bond donors (Lipinski definition) is 14. The number of methoxy groups -OCH3 is 1. The van der Waals surface area contributed by atoms with Gasteiger partial charge in [-0.25, -0.2) is 4.79 Å². The van der Waals surface area contributed by atoms with Gasteiger partial charge < -0.3 is 82.5 Å². The number of rotatable bonds is 42. The van der Waals surface area contributed by atoms with Crippen LogP contribution < -0.4 is 77.8 Å². The second-order valence-corrected chi connectivity index (χ2v) is 17.0. The zero-order valence-corrected chi connectivity index (χ0v) is 39.9. The lowest BCUT2D eigenvalue weighted by molar-refractivity contribution is -0.145. The van der Waals surface area contributed by atoms with Gasteiger partial charge >= 0.3 is 5.97 Å². The van der Waals surface area contributed by atoms with Gasteiger partial charge in [-0.1, -0.05) is 32.1 Å². The summed E-state index contributed by atoms with van der Waals surface area (Å²) in [6.45, 7) is 2.93. The van der Waals surface area contributed by atoms with E-state index >= 15 is 0 Å². The van der Waals surface area contributed by atoms with Gasteiger partial charge in [0.2, 0.25) is 35.4 Å². The first-order valence-electron chi connectivity index (χ1n) is 24.3. The van der Waals surface area contributed by atoms with Gasteiger partial charge in [-0.2, -0.15) is 0 Å². The molecule has 0 heterocycles. The van der Waals surface area contributed by atoms with Crippen molar-refractivity contribution in [1.82, 2.24) is 31.9 Å². The highest BCUT2D eigenvalue weighted by atomic mass is 16.5. The minimum Gasteiger partial charge on any atom is -0.467 e. The third-order valence-electron chi connectivity index (χ3n) is 11.2. The summed E-state index contributed by atoms with van der Waals surface area (Å²) in [6.07, 6.45) is 12.0. The normalized spacial score (nSPS) is 14.4. The molecule has 0 saturated carbocycles. The average molecular weight is 943 g/mol. The van der Waals surface area contributed by atoms with Crippen LogP contribution in [0.2, 0.25) is 0 Å². The van der Waals surface area contributed by atoms with Crippen LogP contribution >= 0.6 is 0 Å². The molecule has 22 N–H and O–H groups in total. The molecule has 0 aliphatic heterocycles. The molecule has 0 spiro atoms. The van der Waals surface area contributed by atoms with Crippen molar-refractivity contribution in [2.45, 2.75) is 184 Å². The Morgan fingerprint density at radius 1 is 0.348 bits per heavy atom. The standard InChI is InChI=1S/C44H90N14O8/c1-66-44(65)37(58-43(64)36(57-41(62)33(51)17-3-2-10-24-45)22-8-15-29-54-39(60)32(50)19-5-12-26-47)23-9-16-30-55-42(63)35(56-40(61)34(52)20-6-13-27-48)21-7-14-28-53-38(59)31(49)18-4-11-25-46/h31-37H,2-30,45-52H2,1H3,(H,53,59)(H,54,60)(H,55,63)(H,56,61)(H,57,62)(H,58,64). The number of carbonyl (C=O) groups is 7. The summed E-state index contributed by atoms with van der Waals surface area (Å²) in [6, 6.07) is -5.93.